The van der Waals surface area contributed by atoms with E-state index < -0.39 is 11.3 Å². The van der Waals surface area contributed by atoms with E-state index in [0.29, 0.717) is 17.3 Å². The Morgan fingerprint density at radius 1 is 1.11 bits per heavy atom. The zero-order chi connectivity index (χ0) is 19.7. The van der Waals surface area contributed by atoms with E-state index in [4.69, 9.17) is 0 Å². The lowest BCUT2D eigenvalue weighted by Crippen LogP contribution is -2.41. The summed E-state index contributed by atoms with van der Waals surface area (Å²) in [4.78, 5) is 13.0. The molecular weight excluding hydrogens is 384 g/mol. The van der Waals surface area contributed by atoms with Crippen LogP contribution in [-0.2, 0) is 11.2 Å². The van der Waals surface area contributed by atoms with Crippen molar-refractivity contribution in [2.24, 2.45) is 0 Å². The van der Waals surface area contributed by atoms with Crippen molar-refractivity contribution < 1.29 is 13.6 Å². The Bertz CT molecular complexity index is 991. The number of nitrogens with zero attached hydrogens (tertiary/aromatic N) is 3. The third-order valence-corrected chi connectivity index (χ3v) is 5.63. The SMILES string of the molecule is CCc1nnc2n1N[C@@H](c1ccc(F)cc1)[C@@H](C(=O)Nc1ccc(F)cc1)S2. The summed E-state index contributed by atoms with van der Waals surface area (Å²) in [6, 6.07) is 11.1. The fourth-order valence-corrected chi connectivity index (χ4v) is 4.09. The van der Waals surface area contributed by atoms with E-state index in [1.165, 1.54) is 48.2 Å². The Balaban J connectivity index is 1.66. The molecule has 0 unspecified atom stereocenters. The number of rotatable bonds is 4. The molecule has 9 heteroatoms. The molecule has 0 spiro atoms. The Morgan fingerprint density at radius 2 is 1.75 bits per heavy atom. The van der Waals surface area contributed by atoms with Gasteiger partial charge in [-0.2, -0.15) is 0 Å². The average molecular weight is 401 g/mol. The van der Waals surface area contributed by atoms with Crippen molar-refractivity contribution in [3.8, 4) is 0 Å². The van der Waals surface area contributed by atoms with Crippen LogP contribution in [0.5, 0.6) is 0 Å². The maximum absolute atomic E-state index is 13.4. The number of anilines is 1. The zero-order valence-corrected chi connectivity index (χ0v) is 15.7. The van der Waals surface area contributed by atoms with Crippen molar-refractivity contribution in [2.75, 3.05) is 10.7 Å². The number of halogens is 2. The van der Waals surface area contributed by atoms with Gasteiger partial charge in [0.25, 0.3) is 0 Å². The van der Waals surface area contributed by atoms with E-state index >= 15 is 0 Å². The van der Waals surface area contributed by atoms with E-state index in [0.717, 1.165) is 11.4 Å². The van der Waals surface area contributed by atoms with Crippen molar-refractivity contribution in [1.82, 2.24) is 14.9 Å². The zero-order valence-electron chi connectivity index (χ0n) is 14.9. The van der Waals surface area contributed by atoms with Crippen LogP contribution < -0.4 is 10.7 Å². The summed E-state index contributed by atoms with van der Waals surface area (Å²) in [6.45, 7) is 1.96. The summed E-state index contributed by atoms with van der Waals surface area (Å²) in [6.07, 6.45) is 0.670. The first-order chi connectivity index (χ1) is 13.5. The van der Waals surface area contributed by atoms with Crippen molar-refractivity contribution in [3.05, 3.63) is 71.6 Å². The number of aromatic nitrogens is 3. The second-order valence-corrected chi connectivity index (χ2v) is 7.39. The van der Waals surface area contributed by atoms with E-state index in [1.807, 2.05) is 6.92 Å². The topological polar surface area (TPSA) is 71.8 Å². The van der Waals surface area contributed by atoms with Crippen LogP contribution in [0.4, 0.5) is 14.5 Å². The second-order valence-electron chi connectivity index (χ2n) is 6.28. The van der Waals surface area contributed by atoms with E-state index in [1.54, 1.807) is 16.8 Å². The molecular formula is C19H17F2N5OS. The molecule has 0 bridgehead atoms. The molecule has 0 saturated heterocycles. The molecule has 1 amide bonds. The highest BCUT2D eigenvalue weighted by atomic mass is 32.2. The first-order valence-corrected chi connectivity index (χ1v) is 9.62. The van der Waals surface area contributed by atoms with E-state index in [-0.39, 0.29) is 17.5 Å². The Kier molecular flexibility index (Phi) is 4.99. The lowest BCUT2D eigenvalue weighted by Gasteiger charge is -2.33. The third-order valence-electron chi connectivity index (χ3n) is 4.42. The van der Waals surface area contributed by atoms with Crippen LogP contribution in [0.25, 0.3) is 0 Å². The number of carbonyl (C=O) groups excluding carboxylic acids is 1. The van der Waals surface area contributed by atoms with Crippen molar-refractivity contribution in [3.63, 3.8) is 0 Å². The van der Waals surface area contributed by atoms with Crippen molar-refractivity contribution in [1.29, 1.82) is 0 Å². The Morgan fingerprint density at radius 3 is 2.39 bits per heavy atom. The largest absolute Gasteiger partial charge is 0.325 e. The quantitative estimate of drug-likeness (QED) is 0.700. The minimum atomic E-state index is -0.586. The van der Waals surface area contributed by atoms with Gasteiger partial charge in [0.2, 0.25) is 11.1 Å². The number of carbonyl (C=O) groups is 1. The molecule has 0 aliphatic carbocycles. The van der Waals surface area contributed by atoms with Gasteiger partial charge in [-0.1, -0.05) is 30.8 Å². The lowest BCUT2D eigenvalue weighted by atomic mass is 10.0. The maximum atomic E-state index is 13.4. The minimum absolute atomic E-state index is 0.272. The molecule has 2 N–H and O–H groups in total. The highest BCUT2D eigenvalue weighted by Gasteiger charge is 2.37. The molecule has 1 aliphatic rings. The molecule has 144 valence electrons. The number of hydrogen-bond donors (Lipinski definition) is 2. The maximum Gasteiger partial charge on any atom is 0.240 e. The molecule has 6 nitrogen and oxygen atoms in total. The molecule has 1 aromatic heterocycles. The van der Waals surface area contributed by atoms with Gasteiger partial charge in [-0.3, -0.25) is 4.79 Å². The number of fused-ring (bicyclic) bond motifs is 1. The molecule has 3 aromatic rings. The highest BCUT2D eigenvalue weighted by molar-refractivity contribution is 8.00. The van der Waals surface area contributed by atoms with Gasteiger partial charge in [-0.25, -0.2) is 13.5 Å². The van der Waals surface area contributed by atoms with Crippen LogP contribution in [-0.4, -0.2) is 26.0 Å². The molecule has 0 radical (unpaired) electrons. The summed E-state index contributed by atoms with van der Waals surface area (Å²) in [5.74, 6) is -0.257. The molecule has 2 aromatic carbocycles. The van der Waals surface area contributed by atoms with Crippen LogP contribution in [0.2, 0.25) is 0 Å². The van der Waals surface area contributed by atoms with Gasteiger partial charge in [0, 0.05) is 12.1 Å². The first kappa shape index (κ1) is 18.4. The van der Waals surface area contributed by atoms with Crippen LogP contribution in [0, 0.1) is 11.6 Å². The van der Waals surface area contributed by atoms with Gasteiger partial charge < -0.3 is 10.7 Å². The molecule has 0 fully saturated rings. The van der Waals surface area contributed by atoms with Crippen LogP contribution >= 0.6 is 11.8 Å². The summed E-state index contributed by atoms with van der Waals surface area (Å²) in [7, 11) is 0. The second kappa shape index (κ2) is 7.59. The summed E-state index contributed by atoms with van der Waals surface area (Å²) in [5, 5.41) is 11.1. The predicted molar refractivity (Wildman–Crippen MR) is 103 cm³/mol. The van der Waals surface area contributed by atoms with Gasteiger partial charge in [-0.15, -0.1) is 10.2 Å². The van der Waals surface area contributed by atoms with Crippen molar-refractivity contribution >= 4 is 23.4 Å². The highest BCUT2D eigenvalue weighted by Crippen LogP contribution is 2.37. The number of nitrogens with one attached hydrogen (secondary N) is 2. The number of thioether (sulfide) groups is 1. The summed E-state index contributed by atoms with van der Waals surface area (Å²) in [5.41, 5.74) is 4.54. The molecule has 0 saturated carbocycles. The predicted octanol–water partition coefficient (Wildman–Crippen LogP) is 3.52. The standard InChI is InChI=1S/C19H17F2N5OS/c1-2-15-23-24-19-26(15)25-16(11-3-5-12(20)6-4-11)17(28-19)18(27)22-14-9-7-13(21)8-10-14/h3-10,16-17,25H,2H2,1H3,(H,22,27)/t16-,17-/m0/s1. The smallest absolute Gasteiger partial charge is 0.240 e. The van der Waals surface area contributed by atoms with E-state index in [2.05, 4.69) is 20.9 Å². The molecule has 4 rings (SSSR count). The van der Waals surface area contributed by atoms with Crippen LogP contribution in [0.3, 0.4) is 0 Å². The number of hydrogen-bond acceptors (Lipinski definition) is 5. The van der Waals surface area contributed by atoms with Gasteiger partial charge in [0.15, 0.2) is 5.82 Å². The molecule has 28 heavy (non-hydrogen) atoms. The van der Waals surface area contributed by atoms with Gasteiger partial charge >= 0.3 is 0 Å². The summed E-state index contributed by atoms with van der Waals surface area (Å²) < 4.78 is 28.3. The Hall–Kier alpha value is -2.94. The number of benzene rings is 2. The summed E-state index contributed by atoms with van der Waals surface area (Å²) >= 11 is 1.28. The van der Waals surface area contributed by atoms with E-state index in [9.17, 15) is 13.6 Å². The molecule has 1 aliphatic heterocycles. The van der Waals surface area contributed by atoms with Crippen LogP contribution in [0.15, 0.2) is 53.7 Å². The average Bonchev–Trinajstić information content (AvgIpc) is 3.11. The third kappa shape index (κ3) is 3.57. The van der Waals surface area contributed by atoms with Crippen LogP contribution in [0.1, 0.15) is 24.4 Å². The van der Waals surface area contributed by atoms with Gasteiger partial charge in [0.05, 0.1) is 6.04 Å². The lowest BCUT2D eigenvalue weighted by molar-refractivity contribution is -0.116. The fraction of sp³-hybridized carbons (Fsp3) is 0.211. The molecule has 2 heterocycles. The normalized spacial score (nSPS) is 18.2. The monoisotopic (exact) mass is 401 g/mol. The van der Waals surface area contributed by atoms with Crippen molar-refractivity contribution in [2.45, 2.75) is 29.8 Å². The van der Waals surface area contributed by atoms with Gasteiger partial charge in [0.1, 0.15) is 16.9 Å². The minimum Gasteiger partial charge on any atom is -0.325 e. The Labute approximate surface area is 164 Å². The van der Waals surface area contributed by atoms with Gasteiger partial charge in [-0.05, 0) is 42.0 Å². The molecule has 2 atom stereocenters. The first-order valence-electron chi connectivity index (χ1n) is 8.74. The fourth-order valence-electron chi connectivity index (χ4n) is 2.99. The number of aryl methyl sites for hydroxylation is 1. The number of amides is 1.